The third-order valence-electron chi connectivity index (χ3n) is 6.15. The average molecular weight is 296 g/mol. The van der Waals surface area contributed by atoms with Crippen LogP contribution in [0.2, 0.25) is 0 Å². The predicted molar refractivity (Wildman–Crippen MR) is 92.5 cm³/mol. The Balaban J connectivity index is 1.70. The van der Waals surface area contributed by atoms with Gasteiger partial charge >= 0.3 is 0 Å². The average Bonchev–Trinajstić information content (AvgIpc) is 2.50. The molecule has 0 nitrogen and oxygen atoms in total. The molecule has 1 heteroatoms. The van der Waals surface area contributed by atoms with Crippen molar-refractivity contribution >= 4 is 10.9 Å². The summed E-state index contributed by atoms with van der Waals surface area (Å²) in [7, 11) is 0.796. The quantitative estimate of drug-likeness (QED) is 0.573. The third kappa shape index (κ3) is 3.76. The highest BCUT2D eigenvalue weighted by Gasteiger charge is 2.45. The molecule has 20 heavy (non-hydrogen) atoms. The summed E-state index contributed by atoms with van der Waals surface area (Å²) in [5.41, 5.74) is 0. The molecule has 3 saturated carbocycles. The molecule has 2 unspecified atom stereocenters. The Morgan fingerprint density at radius 3 is 1.55 bits per heavy atom. The molecular formula is C19H35S+. The van der Waals surface area contributed by atoms with Gasteiger partial charge in [0.15, 0.2) is 0 Å². The molecule has 3 rings (SSSR count). The molecule has 0 heterocycles. The third-order valence-corrected chi connectivity index (χ3v) is 9.83. The summed E-state index contributed by atoms with van der Waals surface area (Å²) in [6.45, 7) is 2.52. The van der Waals surface area contributed by atoms with Gasteiger partial charge in [-0.3, -0.25) is 0 Å². The highest BCUT2D eigenvalue weighted by Crippen LogP contribution is 2.41. The van der Waals surface area contributed by atoms with Crippen molar-refractivity contribution < 1.29 is 0 Å². The van der Waals surface area contributed by atoms with Crippen molar-refractivity contribution in [2.75, 3.05) is 0 Å². The fourth-order valence-electron chi connectivity index (χ4n) is 5.12. The Kier molecular flexibility index (Phi) is 5.77. The fourth-order valence-corrected chi connectivity index (χ4v) is 9.49. The largest absolute Gasteiger partial charge is 0.119 e. The summed E-state index contributed by atoms with van der Waals surface area (Å²) in [5.74, 6) is 1.02. The maximum Gasteiger partial charge on any atom is 0.119 e. The van der Waals surface area contributed by atoms with Crippen molar-refractivity contribution in [1.82, 2.24) is 0 Å². The molecule has 0 N–H and O–H groups in total. The number of hydrogen-bond donors (Lipinski definition) is 0. The van der Waals surface area contributed by atoms with E-state index in [0.717, 1.165) is 32.6 Å². The molecule has 0 amide bonds. The molecule has 0 bridgehead atoms. The van der Waals surface area contributed by atoms with Crippen LogP contribution in [0, 0.1) is 5.92 Å². The van der Waals surface area contributed by atoms with E-state index in [1.807, 2.05) is 0 Å². The summed E-state index contributed by atoms with van der Waals surface area (Å²) in [5, 5.41) is 3.41. The lowest BCUT2D eigenvalue weighted by Crippen LogP contribution is -2.44. The van der Waals surface area contributed by atoms with Crippen LogP contribution >= 0.6 is 0 Å². The van der Waals surface area contributed by atoms with Crippen molar-refractivity contribution in [1.29, 1.82) is 0 Å². The van der Waals surface area contributed by atoms with Gasteiger partial charge in [0.2, 0.25) is 0 Å². The zero-order valence-electron chi connectivity index (χ0n) is 13.6. The number of hydrogen-bond acceptors (Lipinski definition) is 0. The van der Waals surface area contributed by atoms with Crippen molar-refractivity contribution in [3.05, 3.63) is 0 Å². The molecule has 0 aromatic carbocycles. The molecule has 2 atom stereocenters. The Hall–Kier alpha value is 0.350. The topological polar surface area (TPSA) is 0 Å². The summed E-state index contributed by atoms with van der Waals surface area (Å²) in [6, 6.07) is 0. The zero-order chi connectivity index (χ0) is 13.8. The maximum atomic E-state index is 2.52. The predicted octanol–water partition coefficient (Wildman–Crippen LogP) is 5.85. The van der Waals surface area contributed by atoms with E-state index in [2.05, 4.69) is 6.92 Å². The molecule has 0 spiro atoms. The van der Waals surface area contributed by atoms with Crippen molar-refractivity contribution in [3.8, 4) is 0 Å². The van der Waals surface area contributed by atoms with E-state index in [-0.39, 0.29) is 0 Å². The molecule has 0 aliphatic heterocycles. The van der Waals surface area contributed by atoms with E-state index in [1.165, 1.54) is 25.7 Å². The molecular weight excluding hydrogens is 260 g/mol. The SMILES string of the molecule is CC1CCCC([S+](C2CCCCC2)C2CCCCC2)C1. The Labute approximate surface area is 129 Å². The Morgan fingerprint density at radius 1 is 0.550 bits per heavy atom. The van der Waals surface area contributed by atoms with E-state index in [9.17, 15) is 0 Å². The monoisotopic (exact) mass is 295 g/mol. The van der Waals surface area contributed by atoms with Crippen LogP contribution in [-0.2, 0) is 10.9 Å². The van der Waals surface area contributed by atoms with Gasteiger partial charge in [0.05, 0.1) is 0 Å². The first-order valence-electron chi connectivity index (χ1n) is 9.55. The second-order valence-electron chi connectivity index (χ2n) is 7.82. The van der Waals surface area contributed by atoms with Crippen LogP contribution < -0.4 is 0 Å². The van der Waals surface area contributed by atoms with Gasteiger partial charge in [-0.15, -0.1) is 0 Å². The minimum atomic E-state index is 0.796. The lowest BCUT2D eigenvalue weighted by atomic mass is 9.90. The first kappa shape index (κ1) is 15.3. The van der Waals surface area contributed by atoms with Crippen molar-refractivity contribution in [2.24, 2.45) is 5.92 Å². The van der Waals surface area contributed by atoms with Crippen LogP contribution in [0.15, 0.2) is 0 Å². The molecule has 3 aliphatic carbocycles. The van der Waals surface area contributed by atoms with Gasteiger partial charge in [0.1, 0.15) is 15.7 Å². The highest BCUT2D eigenvalue weighted by molar-refractivity contribution is 7.98. The normalized spacial score (nSPS) is 34.5. The van der Waals surface area contributed by atoms with Crippen LogP contribution in [0.1, 0.15) is 96.8 Å². The lowest BCUT2D eigenvalue weighted by molar-refractivity contribution is 0.385. The Morgan fingerprint density at radius 2 is 1.05 bits per heavy atom. The molecule has 116 valence electrons. The molecule has 0 saturated heterocycles. The summed E-state index contributed by atoms with van der Waals surface area (Å²) in [4.78, 5) is 0. The summed E-state index contributed by atoms with van der Waals surface area (Å²) in [6.07, 6.45) is 21.8. The molecule has 0 aromatic rings. The van der Waals surface area contributed by atoms with Crippen LogP contribution in [0.25, 0.3) is 0 Å². The highest BCUT2D eigenvalue weighted by atomic mass is 32.2. The van der Waals surface area contributed by atoms with Gasteiger partial charge in [-0.05, 0) is 87.4 Å². The van der Waals surface area contributed by atoms with Gasteiger partial charge in [0, 0.05) is 0 Å². The summed E-state index contributed by atoms with van der Waals surface area (Å²) >= 11 is 0. The second kappa shape index (κ2) is 7.56. The van der Waals surface area contributed by atoms with Crippen molar-refractivity contribution in [3.63, 3.8) is 0 Å². The van der Waals surface area contributed by atoms with E-state index < -0.39 is 0 Å². The van der Waals surface area contributed by atoms with Crippen LogP contribution in [0.5, 0.6) is 0 Å². The lowest BCUT2D eigenvalue weighted by Gasteiger charge is -2.37. The summed E-state index contributed by atoms with van der Waals surface area (Å²) < 4.78 is 0. The minimum Gasteiger partial charge on any atom is -0.0623 e. The van der Waals surface area contributed by atoms with E-state index >= 15 is 0 Å². The van der Waals surface area contributed by atoms with Gasteiger partial charge in [-0.1, -0.05) is 26.2 Å². The van der Waals surface area contributed by atoms with Crippen LogP contribution in [0.4, 0.5) is 0 Å². The first-order valence-corrected chi connectivity index (χ1v) is 11.0. The minimum absolute atomic E-state index is 0.796. The number of rotatable bonds is 3. The molecule has 3 aliphatic rings. The van der Waals surface area contributed by atoms with Crippen molar-refractivity contribution in [2.45, 2.75) is 113 Å². The maximum absolute atomic E-state index is 2.52. The molecule has 0 radical (unpaired) electrons. The van der Waals surface area contributed by atoms with E-state index in [0.29, 0.717) is 0 Å². The smallest absolute Gasteiger partial charge is 0.0623 e. The van der Waals surface area contributed by atoms with Gasteiger partial charge in [0.25, 0.3) is 0 Å². The second-order valence-corrected chi connectivity index (χ2v) is 10.6. The van der Waals surface area contributed by atoms with E-state index in [1.54, 1.807) is 64.2 Å². The van der Waals surface area contributed by atoms with Crippen LogP contribution in [0.3, 0.4) is 0 Å². The Bertz CT molecular complexity index is 257. The fraction of sp³-hybridized carbons (Fsp3) is 1.00. The van der Waals surface area contributed by atoms with E-state index in [4.69, 9.17) is 0 Å². The van der Waals surface area contributed by atoms with Gasteiger partial charge in [-0.25, -0.2) is 0 Å². The molecule has 3 fully saturated rings. The standard InChI is InChI=1S/C19H35S/c1-16-9-8-14-19(15-16)20(17-10-4-2-5-11-17)18-12-6-3-7-13-18/h16-19H,2-15H2,1H3/q+1. The van der Waals surface area contributed by atoms with Gasteiger partial charge < -0.3 is 0 Å². The molecule has 0 aromatic heterocycles. The first-order chi connectivity index (χ1) is 9.84. The van der Waals surface area contributed by atoms with Gasteiger partial charge in [-0.2, -0.15) is 0 Å². The van der Waals surface area contributed by atoms with Crippen LogP contribution in [-0.4, -0.2) is 15.7 Å². The zero-order valence-corrected chi connectivity index (χ0v) is 14.4.